The van der Waals surface area contributed by atoms with Crippen LogP contribution < -0.4 is 14.4 Å². The first-order chi connectivity index (χ1) is 14.0. The Bertz CT molecular complexity index is 959. The molecular weight excluding hydrogens is 388 g/mol. The molecule has 4 rings (SSSR count). The normalized spacial score (nSPS) is 18.0. The average molecular weight is 413 g/mol. The van der Waals surface area contributed by atoms with Crippen molar-refractivity contribution in [3.63, 3.8) is 0 Å². The second kappa shape index (κ2) is 7.91. The third-order valence-electron chi connectivity index (χ3n) is 5.55. The maximum absolute atomic E-state index is 13.5. The molecule has 1 aromatic heterocycles. The van der Waals surface area contributed by atoms with E-state index in [0.717, 1.165) is 30.8 Å². The monoisotopic (exact) mass is 412 g/mol. The molecule has 152 valence electrons. The number of amides is 2. The van der Waals surface area contributed by atoms with Gasteiger partial charge in [-0.25, -0.2) is 4.90 Å². The van der Waals surface area contributed by atoms with Crippen molar-refractivity contribution >= 4 is 34.4 Å². The van der Waals surface area contributed by atoms with Crippen LogP contribution in [0.25, 0.3) is 5.57 Å². The Labute approximate surface area is 174 Å². The molecule has 7 heteroatoms. The Morgan fingerprint density at radius 3 is 2.34 bits per heavy atom. The maximum Gasteiger partial charge on any atom is 0.282 e. The minimum absolute atomic E-state index is 0.278. The molecule has 29 heavy (non-hydrogen) atoms. The average Bonchev–Trinajstić information content (AvgIpc) is 3.34. The summed E-state index contributed by atoms with van der Waals surface area (Å²) in [4.78, 5) is 31.1. The van der Waals surface area contributed by atoms with Crippen LogP contribution in [0.5, 0.6) is 11.5 Å². The van der Waals surface area contributed by atoms with Gasteiger partial charge in [0.05, 0.1) is 25.5 Å². The van der Waals surface area contributed by atoms with Gasteiger partial charge in [0, 0.05) is 24.0 Å². The van der Waals surface area contributed by atoms with Gasteiger partial charge in [-0.3, -0.25) is 9.59 Å². The van der Waals surface area contributed by atoms with E-state index in [2.05, 4.69) is 11.8 Å². The van der Waals surface area contributed by atoms with Crippen LogP contribution in [0.1, 0.15) is 24.6 Å². The fraction of sp³-hybridized carbons (Fsp3) is 0.364. The van der Waals surface area contributed by atoms with E-state index < -0.39 is 0 Å². The number of methoxy groups -OCH3 is 2. The summed E-state index contributed by atoms with van der Waals surface area (Å²) in [5, 5.41) is 1.93. The molecule has 0 atom stereocenters. The molecule has 0 unspecified atom stereocenters. The summed E-state index contributed by atoms with van der Waals surface area (Å²) in [6, 6.07) is 8.89. The van der Waals surface area contributed by atoms with Crippen molar-refractivity contribution in [2.75, 3.05) is 32.2 Å². The number of hydrogen-bond acceptors (Lipinski definition) is 6. The molecule has 1 aromatic carbocycles. The van der Waals surface area contributed by atoms with Gasteiger partial charge in [0.1, 0.15) is 5.70 Å². The van der Waals surface area contributed by atoms with Crippen LogP contribution in [0.4, 0.5) is 5.69 Å². The van der Waals surface area contributed by atoms with E-state index in [0.29, 0.717) is 34.4 Å². The van der Waals surface area contributed by atoms with Gasteiger partial charge in [-0.2, -0.15) is 0 Å². The first kappa shape index (κ1) is 19.5. The summed E-state index contributed by atoms with van der Waals surface area (Å²) in [6.07, 6.45) is 2.03. The van der Waals surface area contributed by atoms with Gasteiger partial charge in [0.2, 0.25) is 0 Å². The van der Waals surface area contributed by atoms with Crippen LogP contribution in [-0.4, -0.2) is 44.0 Å². The Morgan fingerprint density at radius 1 is 1.00 bits per heavy atom. The number of anilines is 1. The second-order valence-electron chi connectivity index (χ2n) is 7.36. The Balaban J connectivity index is 1.77. The van der Waals surface area contributed by atoms with E-state index in [4.69, 9.17) is 9.47 Å². The summed E-state index contributed by atoms with van der Waals surface area (Å²) in [6.45, 7) is 3.79. The Kier molecular flexibility index (Phi) is 5.32. The Hall–Kier alpha value is -2.80. The SMILES string of the molecule is COc1ccc(N2C(=O)C(c3cccs3)=C(N3CCC(C)CC3)C2=O)cc1OC. The number of piperidine rings is 1. The van der Waals surface area contributed by atoms with Gasteiger partial charge in [-0.1, -0.05) is 13.0 Å². The van der Waals surface area contributed by atoms with E-state index in [1.54, 1.807) is 25.3 Å². The van der Waals surface area contributed by atoms with E-state index >= 15 is 0 Å². The number of nitrogens with zero attached hydrogens (tertiary/aromatic N) is 2. The van der Waals surface area contributed by atoms with Gasteiger partial charge in [0.25, 0.3) is 11.8 Å². The molecule has 3 heterocycles. The van der Waals surface area contributed by atoms with E-state index in [9.17, 15) is 9.59 Å². The highest BCUT2D eigenvalue weighted by molar-refractivity contribution is 7.11. The van der Waals surface area contributed by atoms with Gasteiger partial charge >= 0.3 is 0 Å². The third kappa shape index (κ3) is 3.40. The molecule has 6 nitrogen and oxygen atoms in total. The van der Waals surface area contributed by atoms with Gasteiger partial charge in [-0.15, -0.1) is 11.3 Å². The molecule has 2 amide bonds. The molecule has 0 bridgehead atoms. The number of imide groups is 1. The van der Waals surface area contributed by atoms with Gasteiger partial charge < -0.3 is 14.4 Å². The zero-order valence-corrected chi connectivity index (χ0v) is 17.6. The zero-order valence-electron chi connectivity index (χ0n) is 16.8. The number of likely N-dealkylation sites (tertiary alicyclic amines) is 1. The van der Waals surface area contributed by atoms with E-state index in [1.165, 1.54) is 23.3 Å². The van der Waals surface area contributed by atoms with Crippen molar-refractivity contribution in [1.29, 1.82) is 0 Å². The molecule has 1 saturated heterocycles. The van der Waals surface area contributed by atoms with Crippen molar-refractivity contribution < 1.29 is 19.1 Å². The number of thiophene rings is 1. The van der Waals surface area contributed by atoms with Crippen molar-refractivity contribution in [2.24, 2.45) is 5.92 Å². The smallest absolute Gasteiger partial charge is 0.282 e. The molecule has 0 radical (unpaired) electrons. The van der Waals surface area contributed by atoms with Crippen LogP contribution in [0.15, 0.2) is 41.4 Å². The summed E-state index contributed by atoms with van der Waals surface area (Å²) in [5.74, 6) is 1.08. The summed E-state index contributed by atoms with van der Waals surface area (Å²) >= 11 is 1.48. The molecule has 2 aromatic rings. The molecule has 0 spiro atoms. The molecule has 1 fully saturated rings. The molecule has 0 N–H and O–H groups in total. The summed E-state index contributed by atoms with van der Waals surface area (Å²) in [7, 11) is 3.08. The maximum atomic E-state index is 13.5. The van der Waals surface area contributed by atoms with Crippen LogP contribution >= 0.6 is 11.3 Å². The zero-order chi connectivity index (χ0) is 20.5. The highest BCUT2D eigenvalue weighted by atomic mass is 32.1. The number of rotatable bonds is 5. The second-order valence-corrected chi connectivity index (χ2v) is 8.30. The molecule has 0 aliphatic carbocycles. The predicted molar refractivity (Wildman–Crippen MR) is 113 cm³/mol. The van der Waals surface area contributed by atoms with Crippen molar-refractivity contribution in [2.45, 2.75) is 19.8 Å². The Morgan fingerprint density at radius 2 is 1.72 bits per heavy atom. The lowest BCUT2D eigenvalue weighted by Crippen LogP contribution is -2.38. The quantitative estimate of drug-likeness (QED) is 0.700. The number of hydrogen-bond donors (Lipinski definition) is 0. The van der Waals surface area contributed by atoms with Crippen LogP contribution in [0.3, 0.4) is 0 Å². The van der Waals surface area contributed by atoms with Crippen LogP contribution in [0, 0.1) is 5.92 Å². The largest absolute Gasteiger partial charge is 0.493 e. The number of carbonyl (C=O) groups is 2. The minimum atomic E-state index is -0.293. The number of ether oxygens (including phenoxy) is 2. The lowest BCUT2D eigenvalue weighted by Gasteiger charge is -2.32. The minimum Gasteiger partial charge on any atom is -0.493 e. The fourth-order valence-corrected chi connectivity index (χ4v) is 4.65. The van der Waals surface area contributed by atoms with Gasteiger partial charge in [0.15, 0.2) is 11.5 Å². The first-order valence-electron chi connectivity index (χ1n) is 9.69. The topological polar surface area (TPSA) is 59.1 Å². The third-order valence-corrected chi connectivity index (χ3v) is 6.44. The highest BCUT2D eigenvalue weighted by Gasteiger charge is 2.43. The highest BCUT2D eigenvalue weighted by Crippen LogP contribution is 2.40. The molecule has 0 saturated carbocycles. The molecule has 2 aliphatic rings. The van der Waals surface area contributed by atoms with Crippen LogP contribution in [-0.2, 0) is 9.59 Å². The standard InChI is InChI=1S/C22H24N2O4S/c1-14-8-10-23(11-9-14)20-19(18-5-4-12-29-18)21(25)24(22(20)26)15-6-7-16(27-2)17(13-15)28-3/h4-7,12-14H,8-11H2,1-3H3. The molecular formula is C22H24N2O4S. The number of carbonyl (C=O) groups excluding carboxylic acids is 2. The lowest BCUT2D eigenvalue weighted by atomic mass is 9.98. The van der Waals surface area contributed by atoms with Crippen LogP contribution in [0.2, 0.25) is 0 Å². The van der Waals surface area contributed by atoms with E-state index in [-0.39, 0.29) is 11.8 Å². The number of benzene rings is 1. The predicted octanol–water partition coefficient (Wildman–Crippen LogP) is 3.78. The van der Waals surface area contributed by atoms with E-state index in [1.807, 2.05) is 17.5 Å². The lowest BCUT2D eigenvalue weighted by molar-refractivity contribution is -0.120. The summed E-state index contributed by atoms with van der Waals surface area (Å²) < 4.78 is 10.6. The first-order valence-corrected chi connectivity index (χ1v) is 10.6. The van der Waals surface area contributed by atoms with Crippen molar-refractivity contribution in [1.82, 2.24) is 4.90 Å². The van der Waals surface area contributed by atoms with Crippen molar-refractivity contribution in [3.8, 4) is 11.5 Å². The fourth-order valence-electron chi connectivity index (χ4n) is 3.89. The molecule has 2 aliphatic heterocycles. The summed E-state index contributed by atoms with van der Waals surface area (Å²) in [5.41, 5.74) is 1.49. The van der Waals surface area contributed by atoms with Crippen molar-refractivity contribution in [3.05, 3.63) is 46.3 Å². The van der Waals surface area contributed by atoms with Gasteiger partial charge in [-0.05, 0) is 42.3 Å².